The van der Waals surface area contributed by atoms with Crippen LogP contribution in [-0.4, -0.2) is 24.5 Å². The van der Waals surface area contributed by atoms with E-state index in [1.165, 1.54) is 0 Å². The largest absolute Gasteiger partial charge is 0.338 e. The molecule has 0 aliphatic carbocycles. The lowest BCUT2D eigenvalue weighted by Crippen LogP contribution is -2.37. The van der Waals surface area contributed by atoms with Crippen molar-refractivity contribution in [2.45, 2.75) is 26.3 Å². The first kappa shape index (κ1) is 12.6. The summed E-state index contributed by atoms with van der Waals surface area (Å²) in [5.41, 5.74) is 1.15. The molecule has 0 aromatic heterocycles. The maximum absolute atomic E-state index is 11.6. The number of nitrogens with zero attached hydrogens (tertiary/aromatic N) is 1. The molecular formula is C13H20N2O. The van der Waals surface area contributed by atoms with E-state index >= 15 is 0 Å². The van der Waals surface area contributed by atoms with E-state index in [9.17, 15) is 4.79 Å². The zero-order chi connectivity index (χ0) is 11.8. The van der Waals surface area contributed by atoms with Gasteiger partial charge in [-0.3, -0.25) is 0 Å². The van der Waals surface area contributed by atoms with Crippen LogP contribution in [0.1, 0.15) is 25.3 Å². The molecule has 0 bridgehead atoms. The van der Waals surface area contributed by atoms with Crippen molar-refractivity contribution < 1.29 is 4.79 Å². The normalized spacial score (nSPS) is 9.88. The van der Waals surface area contributed by atoms with Crippen molar-refractivity contribution in [3.8, 4) is 0 Å². The van der Waals surface area contributed by atoms with Gasteiger partial charge in [0, 0.05) is 20.1 Å². The van der Waals surface area contributed by atoms with Crippen LogP contribution in [0.25, 0.3) is 0 Å². The van der Waals surface area contributed by atoms with Gasteiger partial charge in [-0.2, -0.15) is 0 Å². The average Bonchev–Trinajstić information content (AvgIpc) is 2.30. The Labute approximate surface area is 97.5 Å². The van der Waals surface area contributed by atoms with Crippen LogP contribution in [0.5, 0.6) is 0 Å². The summed E-state index contributed by atoms with van der Waals surface area (Å²) in [5.74, 6) is 0. The standard InChI is InChI=1S/C13H20N2O/c1-3-4-10-14-13(16)15(2)11-12-8-6-5-7-9-12/h5-9H,3-4,10-11H2,1-2H3,(H,14,16). The van der Waals surface area contributed by atoms with Crippen LogP contribution in [0, 0.1) is 0 Å². The molecule has 0 aliphatic heterocycles. The number of amides is 2. The second kappa shape index (κ2) is 6.88. The van der Waals surface area contributed by atoms with E-state index in [0.717, 1.165) is 24.9 Å². The summed E-state index contributed by atoms with van der Waals surface area (Å²) in [4.78, 5) is 13.3. The van der Waals surface area contributed by atoms with E-state index in [-0.39, 0.29) is 6.03 Å². The molecule has 0 aliphatic rings. The van der Waals surface area contributed by atoms with Gasteiger partial charge < -0.3 is 10.2 Å². The van der Waals surface area contributed by atoms with Crippen LogP contribution in [0.3, 0.4) is 0 Å². The molecule has 1 aromatic carbocycles. The van der Waals surface area contributed by atoms with E-state index in [2.05, 4.69) is 12.2 Å². The molecule has 0 fully saturated rings. The summed E-state index contributed by atoms with van der Waals surface area (Å²) in [6.45, 7) is 3.52. The van der Waals surface area contributed by atoms with Crippen LogP contribution in [0.4, 0.5) is 4.79 Å². The van der Waals surface area contributed by atoms with Gasteiger partial charge in [-0.15, -0.1) is 0 Å². The van der Waals surface area contributed by atoms with Crippen molar-refractivity contribution in [1.82, 2.24) is 10.2 Å². The van der Waals surface area contributed by atoms with Gasteiger partial charge in [0.25, 0.3) is 0 Å². The minimum absolute atomic E-state index is 0.00250. The van der Waals surface area contributed by atoms with Gasteiger partial charge in [0.15, 0.2) is 0 Å². The highest BCUT2D eigenvalue weighted by Gasteiger charge is 2.07. The highest BCUT2D eigenvalue weighted by Crippen LogP contribution is 2.02. The lowest BCUT2D eigenvalue weighted by Gasteiger charge is -2.17. The lowest BCUT2D eigenvalue weighted by molar-refractivity contribution is 0.207. The molecule has 1 N–H and O–H groups in total. The second-order valence-corrected chi connectivity index (χ2v) is 3.93. The van der Waals surface area contributed by atoms with Gasteiger partial charge in [0.1, 0.15) is 0 Å². The molecule has 3 heteroatoms. The fourth-order valence-electron chi connectivity index (χ4n) is 1.44. The third-order valence-corrected chi connectivity index (χ3v) is 2.42. The minimum Gasteiger partial charge on any atom is -0.338 e. The zero-order valence-electron chi connectivity index (χ0n) is 10.1. The fraction of sp³-hybridized carbons (Fsp3) is 0.462. The third-order valence-electron chi connectivity index (χ3n) is 2.42. The Balaban J connectivity index is 2.34. The van der Waals surface area contributed by atoms with E-state index in [1.807, 2.05) is 37.4 Å². The summed E-state index contributed by atoms with van der Waals surface area (Å²) >= 11 is 0. The topological polar surface area (TPSA) is 32.3 Å². The third kappa shape index (κ3) is 4.34. The first-order valence-corrected chi connectivity index (χ1v) is 5.77. The predicted octanol–water partition coefficient (Wildman–Crippen LogP) is 2.63. The molecule has 0 spiro atoms. The number of hydrogen-bond acceptors (Lipinski definition) is 1. The predicted molar refractivity (Wildman–Crippen MR) is 66.2 cm³/mol. The Morgan fingerprint density at radius 1 is 1.31 bits per heavy atom. The Kier molecular flexibility index (Phi) is 5.40. The first-order chi connectivity index (χ1) is 7.74. The second-order valence-electron chi connectivity index (χ2n) is 3.93. The average molecular weight is 220 g/mol. The number of carbonyl (C=O) groups is 1. The SMILES string of the molecule is CCCCNC(=O)N(C)Cc1ccccc1. The first-order valence-electron chi connectivity index (χ1n) is 5.77. The summed E-state index contributed by atoms with van der Waals surface area (Å²) in [6.07, 6.45) is 2.13. The van der Waals surface area contributed by atoms with Crippen molar-refractivity contribution in [2.24, 2.45) is 0 Å². The lowest BCUT2D eigenvalue weighted by atomic mass is 10.2. The molecule has 0 saturated carbocycles. The monoisotopic (exact) mass is 220 g/mol. The number of nitrogens with one attached hydrogen (secondary N) is 1. The molecule has 2 amide bonds. The van der Waals surface area contributed by atoms with Gasteiger partial charge in [0.05, 0.1) is 0 Å². The minimum atomic E-state index is -0.00250. The molecule has 16 heavy (non-hydrogen) atoms. The Morgan fingerprint density at radius 3 is 2.62 bits per heavy atom. The van der Waals surface area contributed by atoms with Crippen molar-refractivity contribution in [1.29, 1.82) is 0 Å². The highest BCUT2D eigenvalue weighted by atomic mass is 16.2. The Bertz CT molecular complexity index is 311. The molecular weight excluding hydrogens is 200 g/mol. The van der Waals surface area contributed by atoms with Crippen molar-refractivity contribution in [3.05, 3.63) is 35.9 Å². The maximum Gasteiger partial charge on any atom is 0.317 e. The van der Waals surface area contributed by atoms with Gasteiger partial charge in [-0.05, 0) is 12.0 Å². The van der Waals surface area contributed by atoms with Gasteiger partial charge in [-0.25, -0.2) is 4.79 Å². The number of carbonyl (C=O) groups excluding carboxylic acids is 1. The zero-order valence-corrected chi connectivity index (χ0v) is 10.1. The number of hydrogen-bond donors (Lipinski definition) is 1. The fourth-order valence-corrected chi connectivity index (χ4v) is 1.44. The van der Waals surface area contributed by atoms with Crippen molar-refractivity contribution in [2.75, 3.05) is 13.6 Å². The van der Waals surface area contributed by atoms with Crippen LogP contribution in [0.2, 0.25) is 0 Å². The number of urea groups is 1. The molecule has 3 nitrogen and oxygen atoms in total. The highest BCUT2D eigenvalue weighted by molar-refractivity contribution is 5.73. The van der Waals surface area contributed by atoms with Crippen LogP contribution in [-0.2, 0) is 6.54 Å². The van der Waals surface area contributed by atoms with E-state index in [4.69, 9.17) is 0 Å². The summed E-state index contributed by atoms with van der Waals surface area (Å²) < 4.78 is 0. The van der Waals surface area contributed by atoms with Crippen molar-refractivity contribution >= 4 is 6.03 Å². The number of rotatable bonds is 5. The summed E-state index contributed by atoms with van der Waals surface area (Å²) in [6, 6.07) is 9.99. The molecule has 1 rings (SSSR count). The van der Waals surface area contributed by atoms with E-state index < -0.39 is 0 Å². The molecule has 88 valence electrons. The van der Waals surface area contributed by atoms with E-state index in [0.29, 0.717) is 6.54 Å². The van der Waals surface area contributed by atoms with Gasteiger partial charge >= 0.3 is 6.03 Å². The molecule has 0 atom stereocenters. The summed E-state index contributed by atoms with van der Waals surface area (Å²) in [5, 5.41) is 2.89. The van der Waals surface area contributed by atoms with Crippen LogP contribution in [0.15, 0.2) is 30.3 Å². The van der Waals surface area contributed by atoms with Gasteiger partial charge in [-0.1, -0.05) is 43.7 Å². The molecule has 0 radical (unpaired) electrons. The molecule has 0 unspecified atom stereocenters. The molecule has 0 heterocycles. The number of benzene rings is 1. The quantitative estimate of drug-likeness (QED) is 0.760. The summed E-state index contributed by atoms with van der Waals surface area (Å²) in [7, 11) is 1.81. The number of unbranched alkanes of at least 4 members (excludes halogenated alkanes) is 1. The van der Waals surface area contributed by atoms with Crippen molar-refractivity contribution in [3.63, 3.8) is 0 Å². The van der Waals surface area contributed by atoms with E-state index in [1.54, 1.807) is 4.90 Å². The smallest absolute Gasteiger partial charge is 0.317 e. The molecule has 0 saturated heterocycles. The molecule has 1 aromatic rings. The Morgan fingerprint density at radius 2 is 2.00 bits per heavy atom. The van der Waals surface area contributed by atoms with Crippen LogP contribution >= 0.6 is 0 Å². The Hall–Kier alpha value is -1.51. The van der Waals surface area contributed by atoms with Crippen LogP contribution < -0.4 is 5.32 Å². The maximum atomic E-state index is 11.6. The van der Waals surface area contributed by atoms with Gasteiger partial charge in [0.2, 0.25) is 0 Å².